The lowest BCUT2D eigenvalue weighted by molar-refractivity contribution is 0.0165. The largest absolute Gasteiger partial charge is 0.444 e. The molecule has 0 aliphatic carbocycles. The number of piperidine rings is 1. The lowest BCUT2D eigenvalue weighted by atomic mass is 9.95. The molecule has 1 aliphatic heterocycles. The fraction of sp³-hybridized carbons (Fsp3) is 0.667. The van der Waals surface area contributed by atoms with E-state index < -0.39 is 5.60 Å². The van der Waals surface area contributed by atoms with Crippen LogP contribution in [0.3, 0.4) is 0 Å². The van der Waals surface area contributed by atoms with Crippen LogP contribution in [0, 0.1) is 5.92 Å². The van der Waals surface area contributed by atoms with E-state index in [0.29, 0.717) is 5.92 Å². The number of ether oxygens (including phenoxy) is 1. The monoisotopic (exact) mass is 277 g/mol. The Hall–Kier alpha value is -1.65. The minimum Gasteiger partial charge on any atom is -0.444 e. The van der Waals surface area contributed by atoms with E-state index >= 15 is 0 Å². The summed E-state index contributed by atoms with van der Waals surface area (Å²) in [7, 11) is 0. The molecular formula is C15H23N3O2. The van der Waals surface area contributed by atoms with Gasteiger partial charge in [-0.15, -0.1) is 0 Å². The Bertz CT molecular complexity index is 442. The van der Waals surface area contributed by atoms with Gasteiger partial charge in [-0.3, -0.25) is 0 Å². The maximum atomic E-state index is 12.1. The second-order valence-corrected chi connectivity index (χ2v) is 6.30. The molecule has 5 heteroatoms. The summed E-state index contributed by atoms with van der Waals surface area (Å²) >= 11 is 0. The maximum Gasteiger partial charge on any atom is 0.410 e. The van der Waals surface area contributed by atoms with Crippen molar-refractivity contribution in [3.63, 3.8) is 0 Å². The average molecular weight is 277 g/mol. The molecule has 1 aromatic rings. The van der Waals surface area contributed by atoms with Gasteiger partial charge in [0.15, 0.2) is 0 Å². The van der Waals surface area contributed by atoms with E-state index in [4.69, 9.17) is 4.74 Å². The standard InChI is InChI=1S/C15H23N3O2/c1-15(2,3)20-14(19)18-9-4-6-12(11-18)10-13-16-7-5-8-17-13/h5,7-8,12H,4,6,9-11H2,1-3H3/t12-/m0/s1. The summed E-state index contributed by atoms with van der Waals surface area (Å²) in [5.74, 6) is 1.27. The van der Waals surface area contributed by atoms with E-state index in [1.54, 1.807) is 12.4 Å². The van der Waals surface area contributed by atoms with Crippen LogP contribution in [-0.2, 0) is 11.2 Å². The first-order chi connectivity index (χ1) is 9.44. The molecule has 1 aliphatic rings. The molecule has 2 heterocycles. The Labute approximate surface area is 120 Å². The van der Waals surface area contributed by atoms with Crippen LogP contribution < -0.4 is 0 Å². The van der Waals surface area contributed by atoms with Gasteiger partial charge in [0.2, 0.25) is 0 Å². The zero-order chi connectivity index (χ0) is 14.6. The van der Waals surface area contributed by atoms with Crippen LogP contribution in [0.2, 0.25) is 0 Å². The van der Waals surface area contributed by atoms with E-state index in [0.717, 1.165) is 38.2 Å². The highest BCUT2D eigenvalue weighted by molar-refractivity contribution is 5.68. The molecular weight excluding hydrogens is 254 g/mol. The van der Waals surface area contributed by atoms with Gasteiger partial charge in [0.25, 0.3) is 0 Å². The molecule has 1 atom stereocenters. The Morgan fingerprint density at radius 1 is 1.40 bits per heavy atom. The number of carbonyl (C=O) groups is 1. The van der Waals surface area contributed by atoms with Crippen LogP contribution in [-0.4, -0.2) is 39.7 Å². The normalized spacial score (nSPS) is 19.8. The van der Waals surface area contributed by atoms with Gasteiger partial charge in [-0.2, -0.15) is 0 Å². The molecule has 0 radical (unpaired) electrons. The van der Waals surface area contributed by atoms with Gasteiger partial charge in [-0.25, -0.2) is 14.8 Å². The summed E-state index contributed by atoms with van der Waals surface area (Å²) in [5.41, 5.74) is -0.438. The zero-order valence-electron chi connectivity index (χ0n) is 12.5. The van der Waals surface area contributed by atoms with E-state index in [-0.39, 0.29) is 6.09 Å². The van der Waals surface area contributed by atoms with Gasteiger partial charge < -0.3 is 9.64 Å². The van der Waals surface area contributed by atoms with E-state index in [2.05, 4.69) is 9.97 Å². The highest BCUT2D eigenvalue weighted by Crippen LogP contribution is 2.21. The zero-order valence-corrected chi connectivity index (χ0v) is 12.5. The predicted molar refractivity (Wildman–Crippen MR) is 76.3 cm³/mol. The minimum atomic E-state index is -0.438. The fourth-order valence-corrected chi connectivity index (χ4v) is 2.42. The van der Waals surface area contributed by atoms with Crippen LogP contribution in [0.1, 0.15) is 39.4 Å². The van der Waals surface area contributed by atoms with Gasteiger partial charge in [0.1, 0.15) is 11.4 Å². The average Bonchev–Trinajstić information content (AvgIpc) is 2.38. The Balaban J connectivity index is 1.90. The predicted octanol–water partition coefficient (Wildman–Crippen LogP) is 2.67. The summed E-state index contributed by atoms with van der Waals surface area (Å²) in [6.45, 7) is 7.19. The lowest BCUT2D eigenvalue weighted by Gasteiger charge is -2.33. The van der Waals surface area contributed by atoms with Crippen molar-refractivity contribution < 1.29 is 9.53 Å². The van der Waals surface area contributed by atoms with Crippen molar-refractivity contribution in [2.45, 2.75) is 45.6 Å². The summed E-state index contributed by atoms with van der Waals surface area (Å²) in [6, 6.07) is 1.82. The van der Waals surface area contributed by atoms with Gasteiger partial charge in [0.05, 0.1) is 0 Å². The molecule has 0 spiro atoms. The quantitative estimate of drug-likeness (QED) is 0.834. The molecule has 0 unspecified atom stereocenters. The smallest absolute Gasteiger partial charge is 0.410 e. The molecule has 1 saturated heterocycles. The topological polar surface area (TPSA) is 55.3 Å². The van der Waals surface area contributed by atoms with Crippen LogP contribution in [0.25, 0.3) is 0 Å². The highest BCUT2D eigenvalue weighted by atomic mass is 16.6. The van der Waals surface area contributed by atoms with Crippen LogP contribution in [0.5, 0.6) is 0 Å². The molecule has 0 bridgehead atoms. The fourth-order valence-electron chi connectivity index (χ4n) is 2.42. The summed E-state index contributed by atoms with van der Waals surface area (Å²) in [5, 5.41) is 0. The van der Waals surface area contributed by atoms with E-state index in [1.165, 1.54) is 0 Å². The van der Waals surface area contributed by atoms with Crippen LogP contribution >= 0.6 is 0 Å². The van der Waals surface area contributed by atoms with Crippen LogP contribution in [0.4, 0.5) is 4.79 Å². The lowest BCUT2D eigenvalue weighted by Crippen LogP contribution is -2.43. The number of hydrogen-bond acceptors (Lipinski definition) is 4. The molecule has 1 amide bonds. The Morgan fingerprint density at radius 2 is 2.10 bits per heavy atom. The number of amides is 1. The maximum absolute atomic E-state index is 12.1. The van der Waals surface area contributed by atoms with Crippen molar-refractivity contribution in [3.8, 4) is 0 Å². The molecule has 0 aromatic carbocycles. The number of rotatable bonds is 2. The molecule has 2 rings (SSSR count). The number of likely N-dealkylation sites (tertiary alicyclic amines) is 1. The SMILES string of the molecule is CC(C)(C)OC(=O)N1CCC[C@@H](Cc2ncccn2)C1. The highest BCUT2D eigenvalue weighted by Gasteiger charge is 2.27. The molecule has 110 valence electrons. The summed E-state index contributed by atoms with van der Waals surface area (Å²) < 4.78 is 5.43. The van der Waals surface area contributed by atoms with E-state index in [1.807, 2.05) is 31.7 Å². The number of nitrogens with zero attached hydrogens (tertiary/aromatic N) is 3. The number of carbonyl (C=O) groups excluding carboxylic acids is 1. The minimum absolute atomic E-state index is 0.212. The number of aromatic nitrogens is 2. The third-order valence-corrected chi connectivity index (χ3v) is 3.26. The Morgan fingerprint density at radius 3 is 2.75 bits per heavy atom. The van der Waals surface area contributed by atoms with Crippen LogP contribution in [0.15, 0.2) is 18.5 Å². The molecule has 1 fully saturated rings. The third-order valence-electron chi connectivity index (χ3n) is 3.26. The summed E-state index contributed by atoms with van der Waals surface area (Å²) in [4.78, 5) is 22.4. The Kier molecular flexibility index (Phi) is 4.57. The molecule has 1 aromatic heterocycles. The van der Waals surface area contributed by atoms with Gasteiger partial charge in [0, 0.05) is 31.9 Å². The third kappa shape index (κ3) is 4.47. The first-order valence-corrected chi connectivity index (χ1v) is 7.18. The van der Waals surface area contributed by atoms with Crippen molar-refractivity contribution in [2.75, 3.05) is 13.1 Å². The van der Waals surface area contributed by atoms with Gasteiger partial charge in [-0.1, -0.05) is 0 Å². The molecule has 5 nitrogen and oxygen atoms in total. The summed E-state index contributed by atoms with van der Waals surface area (Å²) in [6.07, 6.45) is 6.25. The molecule has 0 N–H and O–H groups in total. The molecule has 20 heavy (non-hydrogen) atoms. The second kappa shape index (κ2) is 6.20. The van der Waals surface area contributed by atoms with Crippen molar-refractivity contribution in [1.29, 1.82) is 0 Å². The van der Waals surface area contributed by atoms with Crippen molar-refractivity contribution in [2.24, 2.45) is 5.92 Å². The second-order valence-electron chi connectivity index (χ2n) is 6.30. The van der Waals surface area contributed by atoms with Crippen molar-refractivity contribution in [3.05, 3.63) is 24.3 Å². The van der Waals surface area contributed by atoms with Crippen molar-refractivity contribution in [1.82, 2.24) is 14.9 Å². The first-order valence-electron chi connectivity index (χ1n) is 7.18. The van der Waals surface area contributed by atoms with Gasteiger partial charge in [-0.05, 0) is 45.6 Å². The van der Waals surface area contributed by atoms with E-state index in [9.17, 15) is 4.79 Å². The number of hydrogen-bond donors (Lipinski definition) is 0. The first kappa shape index (κ1) is 14.8. The molecule has 0 saturated carbocycles. The van der Waals surface area contributed by atoms with Gasteiger partial charge >= 0.3 is 6.09 Å². The van der Waals surface area contributed by atoms with Crippen molar-refractivity contribution >= 4 is 6.09 Å².